The smallest absolute Gasteiger partial charge is 0.305 e. The topological polar surface area (TPSA) is 93.4 Å². The van der Waals surface area contributed by atoms with Crippen molar-refractivity contribution in [3.8, 4) is 16.9 Å². The Kier molecular flexibility index (Phi) is 8.82. The van der Waals surface area contributed by atoms with Crippen molar-refractivity contribution in [2.45, 2.75) is 52.6 Å². The highest BCUT2D eigenvalue weighted by Crippen LogP contribution is 2.34. The number of pyridine rings is 2. The SMILES string of the molecule is COc1cccc(C)c1-c1cncc([C@H](CC(=O)O)NCC(CC(C)C)n2ccc(C)cc2=O)c1. The van der Waals surface area contributed by atoms with E-state index in [-0.39, 0.29) is 18.0 Å². The lowest BCUT2D eigenvalue weighted by Crippen LogP contribution is -2.35. The van der Waals surface area contributed by atoms with E-state index in [9.17, 15) is 14.7 Å². The number of ether oxygens (including phenoxy) is 1. The summed E-state index contributed by atoms with van der Waals surface area (Å²) >= 11 is 0. The van der Waals surface area contributed by atoms with Crippen LogP contribution in [0.25, 0.3) is 11.1 Å². The van der Waals surface area contributed by atoms with Crippen molar-refractivity contribution in [3.05, 3.63) is 82.0 Å². The van der Waals surface area contributed by atoms with Crippen LogP contribution in [-0.4, -0.2) is 34.3 Å². The van der Waals surface area contributed by atoms with Crippen molar-refractivity contribution in [2.24, 2.45) is 5.92 Å². The summed E-state index contributed by atoms with van der Waals surface area (Å²) in [5, 5.41) is 13.0. The van der Waals surface area contributed by atoms with Crippen molar-refractivity contribution >= 4 is 5.97 Å². The Bertz CT molecular complexity index is 1220. The summed E-state index contributed by atoms with van der Waals surface area (Å²) in [6, 6.07) is 10.8. The predicted molar refractivity (Wildman–Crippen MR) is 138 cm³/mol. The van der Waals surface area contributed by atoms with Crippen molar-refractivity contribution in [2.75, 3.05) is 13.7 Å². The molecule has 186 valence electrons. The van der Waals surface area contributed by atoms with E-state index in [1.165, 1.54) is 0 Å². The molecule has 0 saturated heterocycles. The molecule has 7 heteroatoms. The molecule has 0 saturated carbocycles. The Labute approximate surface area is 206 Å². The Morgan fingerprint density at radius 3 is 2.60 bits per heavy atom. The van der Waals surface area contributed by atoms with E-state index in [4.69, 9.17) is 4.74 Å². The van der Waals surface area contributed by atoms with E-state index in [1.807, 2.05) is 50.4 Å². The van der Waals surface area contributed by atoms with Crippen LogP contribution in [0, 0.1) is 19.8 Å². The first-order valence-electron chi connectivity index (χ1n) is 11.9. The molecule has 7 nitrogen and oxygen atoms in total. The highest BCUT2D eigenvalue weighted by Gasteiger charge is 2.21. The molecule has 0 aliphatic carbocycles. The van der Waals surface area contributed by atoms with Gasteiger partial charge in [0.25, 0.3) is 5.56 Å². The molecule has 0 aliphatic rings. The predicted octanol–water partition coefficient (Wildman–Crippen LogP) is 4.93. The van der Waals surface area contributed by atoms with Gasteiger partial charge in [0.1, 0.15) is 5.75 Å². The van der Waals surface area contributed by atoms with E-state index in [2.05, 4.69) is 24.1 Å². The molecule has 2 N–H and O–H groups in total. The van der Waals surface area contributed by atoms with Crippen LogP contribution in [0.4, 0.5) is 0 Å². The Morgan fingerprint density at radius 2 is 1.94 bits per heavy atom. The summed E-state index contributed by atoms with van der Waals surface area (Å²) in [4.78, 5) is 28.8. The molecule has 1 aromatic carbocycles. The fourth-order valence-corrected chi connectivity index (χ4v) is 4.46. The number of carboxylic acids is 1. The van der Waals surface area contributed by atoms with Gasteiger partial charge in [-0.05, 0) is 61.1 Å². The van der Waals surface area contributed by atoms with Gasteiger partial charge in [-0.25, -0.2) is 0 Å². The molecule has 0 spiro atoms. The summed E-state index contributed by atoms with van der Waals surface area (Å²) in [5.41, 5.74) is 4.48. The second-order valence-electron chi connectivity index (χ2n) is 9.45. The van der Waals surface area contributed by atoms with E-state index in [0.29, 0.717) is 12.5 Å². The maximum Gasteiger partial charge on any atom is 0.305 e. The lowest BCUT2D eigenvalue weighted by atomic mass is 9.96. The van der Waals surface area contributed by atoms with Gasteiger partial charge in [-0.15, -0.1) is 0 Å². The van der Waals surface area contributed by atoms with Gasteiger partial charge < -0.3 is 19.7 Å². The third-order valence-electron chi connectivity index (χ3n) is 6.12. The standard InChI is InChI=1S/C28H35N3O4/c1-18(2)11-23(31-10-9-19(3)12-26(31)32)17-30-24(14-27(33)34)21-13-22(16-29-15-21)28-20(4)7-6-8-25(28)35-5/h6-10,12-13,15-16,18,23-24,30H,11,14,17H2,1-5H3,(H,33,34)/t23?,24-/m0/s1. The fraction of sp³-hybridized carbons (Fsp3) is 0.393. The van der Waals surface area contributed by atoms with Crippen molar-refractivity contribution in [3.63, 3.8) is 0 Å². The number of aromatic nitrogens is 2. The normalized spacial score (nSPS) is 13.0. The van der Waals surface area contributed by atoms with E-state index in [0.717, 1.165) is 40.0 Å². The highest BCUT2D eigenvalue weighted by molar-refractivity contribution is 5.74. The van der Waals surface area contributed by atoms with E-state index < -0.39 is 12.0 Å². The minimum absolute atomic E-state index is 0.0532. The molecule has 2 atom stereocenters. The third-order valence-corrected chi connectivity index (χ3v) is 6.12. The van der Waals surface area contributed by atoms with Crippen LogP contribution < -0.4 is 15.6 Å². The van der Waals surface area contributed by atoms with Crippen LogP contribution in [-0.2, 0) is 4.79 Å². The molecule has 0 fully saturated rings. The van der Waals surface area contributed by atoms with Crippen LogP contribution in [0.1, 0.15) is 55.5 Å². The molecule has 1 unspecified atom stereocenters. The molecule has 3 aromatic rings. The largest absolute Gasteiger partial charge is 0.496 e. The van der Waals surface area contributed by atoms with E-state index >= 15 is 0 Å². The molecule has 3 rings (SSSR count). The minimum Gasteiger partial charge on any atom is -0.496 e. The zero-order chi connectivity index (χ0) is 25.5. The Morgan fingerprint density at radius 1 is 1.17 bits per heavy atom. The van der Waals surface area contributed by atoms with Crippen molar-refractivity contribution < 1.29 is 14.6 Å². The molecule has 35 heavy (non-hydrogen) atoms. The first-order valence-corrected chi connectivity index (χ1v) is 11.9. The lowest BCUT2D eigenvalue weighted by molar-refractivity contribution is -0.137. The quantitative estimate of drug-likeness (QED) is 0.407. The number of hydrogen-bond acceptors (Lipinski definition) is 5. The van der Waals surface area contributed by atoms with Gasteiger partial charge in [0.2, 0.25) is 0 Å². The van der Waals surface area contributed by atoms with Crippen LogP contribution >= 0.6 is 0 Å². The van der Waals surface area contributed by atoms with Crippen LogP contribution in [0.2, 0.25) is 0 Å². The van der Waals surface area contributed by atoms with Gasteiger partial charge in [0.15, 0.2) is 0 Å². The number of hydrogen-bond donors (Lipinski definition) is 2. The number of carbonyl (C=O) groups is 1. The number of nitrogens with one attached hydrogen (secondary N) is 1. The number of aliphatic carboxylic acids is 1. The minimum atomic E-state index is -0.908. The number of benzene rings is 1. The summed E-state index contributed by atoms with van der Waals surface area (Å²) in [7, 11) is 1.63. The van der Waals surface area contributed by atoms with Gasteiger partial charge in [-0.2, -0.15) is 0 Å². The molecular weight excluding hydrogens is 442 g/mol. The van der Waals surface area contributed by atoms with Gasteiger partial charge in [0.05, 0.1) is 13.5 Å². The summed E-state index contributed by atoms with van der Waals surface area (Å²) in [5.74, 6) is 0.197. The fourth-order valence-electron chi connectivity index (χ4n) is 4.46. The number of nitrogens with zero attached hydrogens (tertiary/aromatic N) is 2. The monoisotopic (exact) mass is 477 g/mol. The number of methoxy groups -OCH3 is 1. The van der Waals surface area contributed by atoms with Crippen molar-refractivity contribution in [1.29, 1.82) is 0 Å². The van der Waals surface area contributed by atoms with Gasteiger partial charge in [0, 0.05) is 54.4 Å². The highest BCUT2D eigenvalue weighted by atomic mass is 16.5. The Hall–Kier alpha value is -3.45. The van der Waals surface area contributed by atoms with E-state index in [1.54, 1.807) is 30.1 Å². The Balaban J connectivity index is 1.93. The number of rotatable bonds is 11. The number of aryl methyl sites for hydroxylation is 2. The molecular formula is C28H35N3O4. The molecule has 2 aromatic heterocycles. The second-order valence-corrected chi connectivity index (χ2v) is 9.45. The lowest BCUT2D eigenvalue weighted by Gasteiger charge is -2.26. The molecule has 2 heterocycles. The van der Waals surface area contributed by atoms with Gasteiger partial charge >= 0.3 is 5.97 Å². The van der Waals surface area contributed by atoms with Gasteiger partial charge in [-0.1, -0.05) is 26.0 Å². The van der Waals surface area contributed by atoms with Gasteiger partial charge in [-0.3, -0.25) is 14.6 Å². The summed E-state index contributed by atoms with van der Waals surface area (Å²) in [6.45, 7) is 8.59. The molecule has 0 amide bonds. The van der Waals surface area contributed by atoms with Crippen molar-refractivity contribution in [1.82, 2.24) is 14.9 Å². The summed E-state index contributed by atoms with van der Waals surface area (Å²) < 4.78 is 7.30. The van der Waals surface area contributed by atoms with Crippen LogP contribution in [0.15, 0.2) is 59.8 Å². The third kappa shape index (κ3) is 6.79. The second kappa shape index (κ2) is 11.8. The zero-order valence-electron chi connectivity index (χ0n) is 21.1. The number of carboxylic acid groups (broad SMARTS) is 1. The zero-order valence-corrected chi connectivity index (χ0v) is 21.1. The molecule has 0 bridgehead atoms. The first-order chi connectivity index (χ1) is 16.7. The van der Waals surface area contributed by atoms with Crippen LogP contribution in [0.5, 0.6) is 5.75 Å². The maximum atomic E-state index is 12.7. The average Bonchev–Trinajstić information content (AvgIpc) is 2.80. The molecule has 0 aliphatic heterocycles. The average molecular weight is 478 g/mol. The summed E-state index contributed by atoms with van der Waals surface area (Å²) in [6.07, 6.45) is 5.97. The first kappa shape index (κ1) is 26.2. The van der Waals surface area contributed by atoms with Crippen LogP contribution in [0.3, 0.4) is 0 Å². The maximum absolute atomic E-state index is 12.7. The molecule has 0 radical (unpaired) electrons.